The summed E-state index contributed by atoms with van der Waals surface area (Å²) in [5.74, 6) is 1.64. The number of benzene rings is 1. The van der Waals surface area contributed by atoms with Crippen molar-refractivity contribution in [1.82, 2.24) is 20.1 Å². The molecule has 0 aliphatic rings. The fraction of sp³-hybridized carbons (Fsp3) is 0.381. The van der Waals surface area contributed by atoms with E-state index in [-0.39, 0.29) is 5.91 Å². The Morgan fingerprint density at radius 2 is 2.03 bits per heavy atom. The third-order valence-electron chi connectivity index (χ3n) is 4.35. The molecule has 0 spiro atoms. The van der Waals surface area contributed by atoms with Crippen molar-refractivity contribution in [3.05, 3.63) is 51.2 Å². The van der Waals surface area contributed by atoms with Gasteiger partial charge in [-0.3, -0.25) is 4.79 Å². The molecule has 8 heteroatoms. The normalized spacial score (nSPS) is 11.2. The number of nitrogens with one attached hydrogen (secondary N) is 1. The Labute approximate surface area is 184 Å². The molecule has 2 aromatic heterocycles. The molecule has 2 heterocycles. The Bertz CT molecular complexity index is 950. The largest absolute Gasteiger partial charge is 0.351 e. The lowest BCUT2D eigenvalue weighted by atomic mass is 10.1. The highest BCUT2D eigenvalue weighted by Gasteiger charge is 2.17. The molecular weight excluding hydrogens is 424 g/mol. The number of carbonyl (C=O) groups is 1. The van der Waals surface area contributed by atoms with Crippen LogP contribution in [0.25, 0.3) is 11.4 Å². The summed E-state index contributed by atoms with van der Waals surface area (Å²) in [7, 11) is 0. The molecule has 1 amide bonds. The number of hydrogen-bond donors (Lipinski definition) is 1. The average molecular weight is 449 g/mol. The van der Waals surface area contributed by atoms with E-state index in [1.807, 2.05) is 24.3 Å². The first kappa shape index (κ1) is 21.9. The first-order valence-electron chi connectivity index (χ1n) is 9.63. The SMILES string of the molecule is CCCn1c(SCC(=O)NCc2ccc(Cl)cc2)nnc1-c1csc(C(C)C)c1. The molecule has 0 saturated carbocycles. The molecule has 0 radical (unpaired) electrons. The van der Waals surface area contributed by atoms with Gasteiger partial charge < -0.3 is 9.88 Å². The van der Waals surface area contributed by atoms with Crippen molar-refractivity contribution in [3.8, 4) is 11.4 Å². The molecule has 0 aliphatic carbocycles. The molecule has 1 aromatic carbocycles. The molecule has 3 rings (SSSR count). The number of thioether (sulfide) groups is 1. The van der Waals surface area contributed by atoms with E-state index in [1.54, 1.807) is 11.3 Å². The van der Waals surface area contributed by atoms with Gasteiger partial charge in [0.2, 0.25) is 5.91 Å². The van der Waals surface area contributed by atoms with Crippen molar-refractivity contribution in [1.29, 1.82) is 0 Å². The Kier molecular flexibility index (Phi) is 7.75. The summed E-state index contributed by atoms with van der Waals surface area (Å²) in [4.78, 5) is 13.6. The van der Waals surface area contributed by atoms with Crippen LogP contribution in [0.2, 0.25) is 5.02 Å². The van der Waals surface area contributed by atoms with E-state index >= 15 is 0 Å². The standard InChI is InChI=1S/C21H25ClN4OS2/c1-4-9-26-20(16-10-18(14(2)3)28-12-16)24-25-21(26)29-13-19(27)23-11-15-5-7-17(22)8-6-15/h5-8,10,12,14H,4,9,11,13H2,1-3H3,(H,23,27). The van der Waals surface area contributed by atoms with Gasteiger partial charge in [0.15, 0.2) is 11.0 Å². The molecule has 0 unspecified atom stereocenters. The van der Waals surface area contributed by atoms with Gasteiger partial charge in [-0.1, -0.05) is 56.3 Å². The zero-order chi connectivity index (χ0) is 20.8. The van der Waals surface area contributed by atoms with Gasteiger partial charge in [-0.2, -0.15) is 0 Å². The van der Waals surface area contributed by atoms with Crippen LogP contribution in [0.5, 0.6) is 0 Å². The van der Waals surface area contributed by atoms with E-state index in [4.69, 9.17) is 11.6 Å². The van der Waals surface area contributed by atoms with Crippen molar-refractivity contribution in [2.24, 2.45) is 0 Å². The predicted molar refractivity (Wildman–Crippen MR) is 122 cm³/mol. The maximum absolute atomic E-state index is 12.3. The molecule has 154 valence electrons. The Morgan fingerprint density at radius 1 is 1.28 bits per heavy atom. The Morgan fingerprint density at radius 3 is 2.69 bits per heavy atom. The maximum atomic E-state index is 12.3. The maximum Gasteiger partial charge on any atom is 0.230 e. The molecule has 0 fully saturated rings. The number of nitrogens with zero attached hydrogens (tertiary/aromatic N) is 3. The summed E-state index contributed by atoms with van der Waals surface area (Å²) in [6, 6.07) is 9.65. The van der Waals surface area contributed by atoms with Crippen molar-refractivity contribution >= 4 is 40.6 Å². The van der Waals surface area contributed by atoms with Gasteiger partial charge in [-0.15, -0.1) is 21.5 Å². The third kappa shape index (κ3) is 5.84. The summed E-state index contributed by atoms with van der Waals surface area (Å²) in [6.07, 6.45) is 0.975. The van der Waals surface area contributed by atoms with E-state index in [0.29, 0.717) is 23.2 Å². The lowest BCUT2D eigenvalue weighted by Gasteiger charge is -2.08. The van der Waals surface area contributed by atoms with Gasteiger partial charge >= 0.3 is 0 Å². The smallest absolute Gasteiger partial charge is 0.230 e. The number of carbonyl (C=O) groups excluding carboxylic acids is 1. The molecule has 0 saturated heterocycles. The van der Waals surface area contributed by atoms with E-state index in [9.17, 15) is 4.79 Å². The average Bonchev–Trinajstić information content (AvgIpc) is 3.33. The van der Waals surface area contributed by atoms with Gasteiger partial charge in [0.25, 0.3) is 0 Å². The quantitative estimate of drug-likeness (QED) is 0.432. The molecule has 0 bridgehead atoms. The second-order valence-electron chi connectivity index (χ2n) is 7.04. The van der Waals surface area contributed by atoms with Crippen LogP contribution in [0.4, 0.5) is 0 Å². The number of amides is 1. The molecule has 29 heavy (non-hydrogen) atoms. The van der Waals surface area contributed by atoms with Gasteiger partial charge in [0, 0.05) is 33.9 Å². The van der Waals surface area contributed by atoms with E-state index in [0.717, 1.165) is 35.1 Å². The monoisotopic (exact) mass is 448 g/mol. The molecule has 1 N–H and O–H groups in total. The van der Waals surface area contributed by atoms with Gasteiger partial charge in [0.05, 0.1) is 5.75 Å². The minimum atomic E-state index is -0.0322. The molecule has 0 aliphatic heterocycles. The Balaban J connectivity index is 1.63. The summed E-state index contributed by atoms with van der Waals surface area (Å²) in [6.45, 7) is 7.82. The van der Waals surface area contributed by atoms with Crippen molar-refractivity contribution in [2.45, 2.75) is 51.4 Å². The number of aromatic nitrogens is 3. The van der Waals surface area contributed by atoms with Crippen LogP contribution in [0.15, 0.2) is 40.9 Å². The third-order valence-corrected chi connectivity index (χ3v) is 6.80. The second kappa shape index (κ2) is 10.3. The van der Waals surface area contributed by atoms with Crippen molar-refractivity contribution < 1.29 is 4.79 Å². The Hall–Kier alpha value is -1.83. The zero-order valence-electron chi connectivity index (χ0n) is 16.8. The lowest BCUT2D eigenvalue weighted by molar-refractivity contribution is -0.118. The minimum Gasteiger partial charge on any atom is -0.351 e. The molecular formula is C21H25ClN4OS2. The van der Waals surface area contributed by atoms with E-state index in [2.05, 4.69) is 52.3 Å². The predicted octanol–water partition coefficient (Wildman–Crippen LogP) is 5.60. The van der Waals surface area contributed by atoms with E-state index in [1.165, 1.54) is 16.6 Å². The fourth-order valence-electron chi connectivity index (χ4n) is 2.79. The highest BCUT2D eigenvalue weighted by atomic mass is 35.5. The summed E-state index contributed by atoms with van der Waals surface area (Å²) in [5.41, 5.74) is 2.11. The summed E-state index contributed by atoms with van der Waals surface area (Å²) in [5, 5.41) is 15.3. The van der Waals surface area contributed by atoms with Crippen LogP contribution < -0.4 is 5.32 Å². The highest BCUT2D eigenvalue weighted by Crippen LogP contribution is 2.31. The number of rotatable bonds is 9. The fourth-order valence-corrected chi connectivity index (χ4v) is 4.62. The second-order valence-corrected chi connectivity index (χ2v) is 9.36. The molecule has 5 nitrogen and oxygen atoms in total. The number of hydrogen-bond acceptors (Lipinski definition) is 5. The van der Waals surface area contributed by atoms with Crippen LogP contribution in [-0.2, 0) is 17.9 Å². The number of thiophene rings is 1. The first-order chi connectivity index (χ1) is 14.0. The molecule has 3 aromatic rings. The van der Waals surface area contributed by atoms with Crippen LogP contribution in [0.1, 0.15) is 43.6 Å². The van der Waals surface area contributed by atoms with Gasteiger partial charge in [-0.05, 0) is 36.1 Å². The topological polar surface area (TPSA) is 59.8 Å². The van der Waals surface area contributed by atoms with Gasteiger partial charge in [-0.25, -0.2) is 0 Å². The van der Waals surface area contributed by atoms with Crippen molar-refractivity contribution in [2.75, 3.05) is 5.75 Å². The summed E-state index contributed by atoms with van der Waals surface area (Å²) >= 11 is 9.06. The highest BCUT2D eigenvalue weighted by molar-refractivity contribution is 7.99. The lowest BCUT2D eigenvalue weighted by Crippen LogP contribution is -2.24. The zero-order valence-corrected chi connectivity index (χ0v) is 19.2. The van der Waals surface area contributed by atoms with Crippen LogP contribution in [0.3, 0.4) is 0 Å². The molecule has 0 atom stereocenters. The first-order valence-corrected chi connectivity index (χ1v) is 11.9. The minimum absolute atomic E-state index is 0.0322. The summed E-state index contributed by atoms with van der Waals surface area (Å²) < 4.78 is 2.11. The number of halogens is 1. The van der Waals surface area contributed by atoms with Gasteiger partial charge in [0.1, 0.15) is 0 Å². The van der Waals surface area contributed by atoms with Crippen LogP contribution >= 0.6 is 34.7 Å². The van der Waals surface area contributed by atoms with Crippen LogP contribution in [-0.4, -0.2) is 26.4 Å². The van der Waals surface area contributed by atoms with Crippen LogP contribution in [0, 0.1) is 0 Å². The van der Waals surface area contributed by atoms with Crippen molar-refractivity contribution in [3.63, 3.8) is 0 Å². The van der Waals surface area contributed by atoms with E-state index < -0.39 is 0 Å².